The van der Waals surface area contributed by atoms with Crippen LogP contribution in [0.25, 0.3) is 10.9 Å². The van der Waals surface area contributed by atoms with Crippen LogP contribution in [0.4, 0.5) is 0 Å². The number of pyridine rings is 1. The van der Waals surface area contributed by atoms with Crippen LogP contribution in [0.1, 0.15) is 18.5 Å². The number of nitrogens with zero attached hydrogens (tertiary/aromatic N) is 1. The lowest BCUT2D eigenvalue weighted by molar-refractivity contribution is 0.253. The highest BCUT2D eigenvalue weighted by Gasteiger charge is 2.42. The Bertz CT molecular complexity index is 578. The SMILES string of the molecule is Cc1ccc2cccc(OCC3(CS)CC3)c2n1. The number of ether oxygens (including phenoxy) is 1. The van der Waals surface area contributed by atoms with Crippen molar-refractivity contribution < 1.29 is 4.74 Å². The van der Waals surface area contributed by atoms with E-state index in [4.69, 9.17) is 4.74 Å². The van der Waals surface area contributed by atoms with Gasteiger partial charge in [-0.25, -0.2) is 4.98 Å². The zero-order valence-corrected chi connectivity index (χ0v) is 11.4. The number of rotatable bonds is 4. The molecule has 94 valence electrons. The van der Waals surface area contributed by atoms with Gasteiger partial charge < -0.3 is 4.74 Å². The third-order valence-corrected chi connectivity index (χ3v) is 4.32. The highest BCUT2D eigenvalue weighted by atomic mass is 32.1. The summed E-state index contributed by atoms with van der Waals surface area (Å²) in [6.45, 7) is 2.76. The van der Waals surface area contributed by atoms with Gasteiger partial charge in [0.05, 0.1) is 6.61 Å². The Kier molecular flexibility index (Phi) is 2.94. The molecule has 0 unspecified atom stereocenters. The zero-order chi connectivity index (χ0) is 12.6. The summed E-state index contributed by atoms with van der Waals surface area (Å²) in [7, 11) is 0. The van der Waals surface area contributed by atoms with Gasteiger partial charge >= 0.3 is 0 Å². The minimum Gasteiger partial charge on any atom is -0.491 e. The highest BCUT2D eigenvalue weighted by molar-refractivity contribution is 7.80. The average Bonchev–Trinajstić information content (AvgIpc) is 3.17. The Morgan fingerprint density at radius 1 is 1.28 bits per heavy atom. The number of para-hydroxylation sites is 1. The van der Waals surface area contributed by atoms with Gasteiger partial charge in [0.1, 0.15) is 11.3 Å². The molecular formula is C15H17NOS. The fourth-order valence-corrected chi connectivity index (χ4v) is 2.50. The molecule has 1 heterocycles. The first kappa shape index (κ1) is 11.8. The van der Waals surface area contributed by atoms with Crippen molar-refractivity contribution in [3.05, 3.63) is 36.0 Å². The Morgan fingerprint density at radius 3 is 2.83 bits per heavy atom. The summed E-state index contributed by atoms with van der Waals surface area (Å²) in [5, 5.41) is 1.13. The van der Waals surface area contributed by atoms with Crippen LogP contribution in [0.15, 0.2) is 30.3 Å². The molecule has 1 saturated carbocycles. The first-order chi connectivity index (χ1) is 8.72. The predicted octanol–water partition coefficient (Wildman–Crippen LogP) is 3.63. The molecule has 2 aromatic rings. The number of fused-ring (bicyclic) bond motifs is 1. The summed E-state index contributed by atoms with van der Waals surface area (Å²) >= 11 is 4.40. The van der Waals surface area contributed by atoms with Crippen molar-refractivity contribution in [2.75, 3.05) is 12.4 Å². The van der Waals surface area contributed by atoms with Gasteiger partial charge in [0.15, 0.2) is 0 Å². The van der Waals surface area contributed by atoms with Crippen molar-refractivity contribution in [1.82, 2.24) is 4.98 Å². The standard InChI is InChI=1S/C15H17NOS/c1-11-5-6-12-3-2-4-13(14(12)16-11)17-9-15(10-18)7-8-15/h2-6,18H,7-10H2,1H3. The third kappa shape index (κ3) is 2.19. The molecule has 0 amide bonds. The average molecular weight is 259 g/mol. The van der Waals surface area contributed by atoms with E-state index >= 15 is 0 Å². The number of aryl methyl sites for hydroxylation is 1. The van der Waals surface area contributed by atoms with E-state index in [1.54, 1.807) is 0 Å². The van der Waals surface area contributed by atoms with Crippen LogP contribution in [-0.4, -0.2) is 17.3 Å². The molecule has 1 aromatic carbocycles. The molecular weight excluding hydrogens is 242 g/mol. The Morgan fingerprint density at radius 2 is 2.11 bits per heavy atom. The molecule has 1 aromatic heterocycles. The highest BCUT2D eigenvalue weighted by Crippen LogP contribution is 2.46. The van der Waals surface area contributed by atoms with Gasteiger partial charge in [-0.1, -0.05) is 18.2 Å². The smallest absolute Gasteiger partial charge is 0.145 e. The molecule has 0 atom stereocenters. The second-order valence-electron chi connectivity index (χ2n) is 5.23. The Balaban J connectivity index is 1.89. The zero-order valence-electron chi connectivity index (χ0n) is 10.5. The molecule has 0 radical (unpaired) electrons. The summed E-state index contributed by atoms with van der Waals surface area (Å²) in [5.74, 6) is 1.80. The van der Waals surface area contributed by atoms with E-state index in [1.165, 1.54) is 12.8 Å². The molecule has 2 nitrogen and oxygen atoms in total. The summed E-state index contributed by atoms with van der Waals surface area (Å²) in [4.78, 5) is 4.58. The molecule has 18 heavy (non-hydrogen) atoms. The van der Waals surface area contributed by atoms with Crippen LogP contribution >= 0.6 is 12.6 Å². The normalized spacial score (nSPS) is 16.8. The minimum absolute atomic E-state index is 0.315. The van der Waals surface area contributed by atoms with E-state index in [9.17, 15) is 0 Å². The number of hydrogen-bond donors (Lipinski definition) is 1. The van der Waals surface area contributed by atoms with Crippen molar-refractivity contribution in [3.8, 4) is 5.75 Å². The van der Waals surface area contributed by atoms with E-state index in [2.05, 4.69) is 29.7 Å². The quantitative estimate of drug-likeness (QED) is 0.847. The second-order valence-corrected chi connectivity index (χ2v) is 5.54. The minimum atomic E-state index is 0.315. The van der Waals surface area contributed by atoms with Crippen LogP contribution in [-0.2, 0) is 0 Å². The maximum absolute atomic E-state index is 5.98. The number of aromatic nitrogens is 1. The Hall–Kier alpha value is -1.22. The van der Waals surface area contributed by atoms with Gasteiger partial charge in [-0.3, -0.25) is 0 Å². The topological polar surface area (TPSA) is 22.1 Å². The van der Waals surface area contributed by atoms with Crippen molar-refractivity contribution in [2.45, 2.75) is 19.8 Å². The number of benzene rings is 1. The first-order valence-corrected chi connectivity index (χ1v) is 6.96. The molecule has 0 N–H and O–H groups in total. The molecule has 1 fully saturated rings. The molecule has 0 bridgehead atoms. The molecule has 3 heteroatoms. The van der Waals surface area contributed by atoms with E-state index < -0.39 is 0 Å². The molecule has 0 saturated heterocycles. The molecule has 1 aliphatic carbocycles. The van der Waals surface area contributed by atoms with Crippen molar-refractivity contribution in [3.63, 3.8) is 0 Å². The summed E-state index contributed by atoms with van der Waals surface area (Å²) in [6, 6.07) is 10.2. The van der Waals surface area contributed by atoms with E-state index in [-0.39, 0.29) is 0 Å². The van der Waals surface area contributed by atoms with Crippen molar-refractivity contribution in [1.29, 1.82) is 0 Å². The van der Waals surface area contributed by atoms with Crippen LogP contribution in [0.2, 0.25) is 0 Å². The van der Waals surface area contributed by atoms with Crippen LogP contribution in [0.5, 0.6) is 5.75 Å². The maximum atomic E-state index is 5.98. The third-order valence-electron chi connectivity index (χ3n) is 3.65. The predicted molar refractivity (Wildman–Crippen MR) is 77.5 cm³/mol. The lowest BCUT2D eigenvalue weighted by Crippen LogP contribution is -2.14. The lowest BCUT2D eigenvalue weighted by atomic mass is 10.1. The first-order valence-electron chi connectivity index (χ1n) is 6.33. The maximum Gasteiger partial charge on any atom is 0.145 e. The van der Waals surface area contributed by atoms with E-state index in [0.717, 1.165) is 34.7 Å². The van der Waals surface area contributed by atoms with E-state index in [0.29, 0.717) is 5.41 Å². The van der Waals surface area contributed by atoms with Gasteiger partial charge in [-0.15, -0.1) is 0 Å². The summed E-state index contributed by atoms with van der Waals surface area (Å²) in [5.41, 5.74) is 2.30. The number of thiol groups is 1. The fraction of sp³-hybridized carbons (Fsp3) is 0.400. The van der Waals surface area contributed by atoms with Crippen LogP contribution in [0, 0.1) is 12.3 Å². The van der Waals surface area contributed by atoms with Crippen LogP contribution < -0.4 is 4.74 Å². The largest absolute Gasteiger partial charge is 0.491 e. The molecule has 3 rings (SSSR count). The summed E-state index contributed by atoms with van der Waals surface area (Å²) < 4.78 is 5.98. The molecule has 0 spiro atoms. The van der Waals surface area contributed by atoms with Gasteiger partial charge in [0.25, 0.3) is 0 Å². The molecule has 1 aliphatic rings. The fourth-order valence-electron chi connectivity index (χ4n) is 2.09. The van der Waals surface area contributed by atoms with Gasteiger partial charge in [0.2, 0.25) is 0 Å². The second kappa shape index (κ2) is 4.47. The van der Waals surface area contributed by atoms with Gasteiger partial charge in [-0.2, -0.15) is 12.6 Å². The Labute approximate surface area is 113 Å². The molecule has 0 aliphatic heterocycles. The van der Waals surface area contributed by atoms with Gasteiger partial charge in [0, 0.05) is 16.5 Å². The van der Waals surface area contributed by atoms with E-state index in [1.807, 2.05) is 25.1 Å². The van der Waals surface area contributed by atoms with Crippen molar-refractivity contribution in [2.24, 2.45) is 5.41 Å². The van der Waals surface area contributed by atoms with Crippen LogP contribution in [0.3, 0.4) is 0 Å². The number of hydrogen-bond acceptors (Lipinski definition) is 3. The van der Waals surface area contributed by atoms with Crippen molar-refractivity contribution >= 4 is 23.5 Å². The van der Waals surface area contributed by atoms with Gasteiger partial charge in [-0.05, 0) is 37.7 Å². The summed E-state index contributed by atoms with van der Waals surface area (Å²) in [6.07, 6.45) is 2.46. The lowest BCUT2D eigenvalue weighted by Gasteiger charge is -2.14. The monoisotopic (exact) mass is 259 g/mol.